The molecule has 8 rings (SSSR count). The van der Waals surface area contributed by atoms with Gasteiger partial charge in [0.05, 0.1) is 40.0 Å². The minimum absolute atomic E-state index is 0.200. The van der Waals surface area contributed by atoms with E-state index in [0.29, 0.717) is 32.3 Å². The third kappa shape index (κ3) is 4.63. The van der Waals surface area contributed by atoms with Gasteiger partial charge in [0.15, 0.2) is 5.78 Å². The van der Waals surface area contributed by atoms with Gasteiger partial charge in [-0.25, -0.2) is 9.69 Å². The Balaban J connectivity index is 1.48. The summed E-state index contributed by atoms with van der Waals surface area (Å²) in [5.41, 5.74) is 1.18. The molecule has 0 N–H and O–H groups in total. The molecule has 0 radical (unpaired) electrons. The number of hydrogen-bond donors (Lipinski definition) is 0. The molecule has 0 unspecified atom stereocenters. The lowest BCUT2D eigenvalue weighted by atomic mass is 9.59. The highest BCUT2D eigenvalue weighted by molar-refractivity contribution is 6.39. The molecule has 2 aliphatic carbocycles. The molecule has 1 saturated heterocycles. The predicted octanol–water partition coefficient (Wildman–Crippen LogP) is 8.75. The van der Waals surface area contributed by atoms with Crippen LogP contribution in [0, 0.1) is 11.8 Å². The zero-order valence-corrected chi connectivity index (χ0v) is 29.2. The number of halogens is 2. The van der Waals surface area contributed by atoms with E-state index in [1.165, 1.54) is 6.07 Å². The molecular weight excluding hydrogens is 681 g/mol. The second-order valence-corrected chi connectivity index (χ2v) is 14.3. The summed E-state index contributed by atoms with van der Waals surface area (Å²) in [5.74, 6) is -4.16. The van der Waals surface area contributed by atoms with Crippen LogP contribution in [0.3, 0.4) is 0 Å². The molecule has 6 nitrogen and oxygen atoms in total. The van der Waals surface area contributed by atoms with Gasteiger partial charge in [0, 0.05) is 10.0 Å². The van der Waals surface area contributed by atoms with Crippen molar-refractivity contribution in [3.63, 3.8) is 0 Å². The molecule has 2 fully saturated rings. The van der Waals surface area contributed by atoms with E-state index < -0.39 is 40.4 Å². The van der Waals surface area contributed by atoms with Crippen LogP contribution in [-0.2, 0) is 30.0 Å². The maximum absolute atomic E-state index is 16.1. The summed E-state index contributed by atoms with van der Waals surface area (Å²) in [6.45, 7) is 3.49. The predicted molar refractivity (Wildman–Crippen MR) is 197 cm³/mol. The van der Waals surface area contributed by atoms with Crippen LogP contribution >= 0.6 is 23.2 Å². The van der Waals surface area contributed by atoms with Crippen molar-refractivity contribution in [3.8, 4) is 0 Å². The molecule has 1 saturated carbocycles. The van der Waals surface area contributed by atoms with Crippen LogP contribution in [0.2, 0.25) is 10.0 Å². The third-order valence-electron chi connectivity index (χ3n) is 10.4. The molecule has 1 heterocycles. The molecule has 1 aliphatic heterocycles. The normalized spacial score (nSPS) is 23.7. The number of benzene rings is 5. The van der Waals surface area contributed by atoms with Crippen molar-refractivity contribution in [1.82, 2.24) is 0 Å². The highest BCUT2D eigenvalue weighted by Gasteiger charge is 2.82. The molecule has 4 atom stereocenters. The summed E-state index contributed by atoms with van der Waals surface area (Å²) in [6.07, 6.45) is -0.366. The summed E-state index contributed by atoms with van der Waals surface area (Å²) < 4.78 is 5.43. The standard InChI is InChI=1S/C43H31Cl2NO5/c1-25(2)51-40(49)28-14-9-15-33(24-28)46-38(47)36-37(39(46)48)43(30-18-22-32(45)23-19-30)35(27-12-7-4-8-13-27)34(26-10-5-3-6-11-26)42(36,41(43)50)29-16-20-31(44)21-17-29/h3-25,36-37H,1-2H3/t36-,37+,42-,43-/m0/s1. The first-order valence-electron chi connectivity index (χ1n) is 16.7. The second-order valence-electron chi connectivity index (χ2n) is 13.4. The minimum Gasteiger partial charge on any atom is -0.459 e. The SMILES string of the molecule is CC(C)OC(=O)c1cccc(N2C(=O)[C@@H]3[C@H](C2=O)[C@@]2(c4ccc(Cl)cc4)C(=O)[C@@]3(c3ccc(Cl)cc3)C(c3ccccc3)=C2c2ccccc2)c1. The van der Waals surface area contributed by atoms with Crippen molar-refractivity contribution in [2.24, 2.45) is 11.8 Å². The summed E-state index contributed by atoms with van der Waals surface area (Å²) in [5, 5.41) is 0.932. The van der Waals surface area contributed by atoms with Crippen LogP contribution in [0.5, 0.6) is 0 Å². The monoisotopic (exact) mass is 711 g/mol. The van der Waals surface area contributed by atoms with E-state index in [0.717, 1.165) is 16.0 Å². The number of anilines is 1. The first-order chi connectivity index (χ1) is 24.6. The number of carbonyl (C=O) groups excluding carboxylic acids is 4. The summed E-state index contributed by atoms with van der Waals surface area (Å²) in [7, 11) is 0. The molecule has 2 bridgehead atoms. The number of Topliss-reactive ketones (excluding diaryl/α,β-unsaturated/α-hetero) is 1. The molecule has 2 amide bonds. The molecular formula is C43H31Cl2NO5. The lowest BCUT2D eigenvalue weighted by molar-refractivity contribution is -0.130. The number of rotatable bonds is 7. The van der Waals surface area contributed by atoms with Crippen LogP contribution in [0.25, 0.3) is 11.1 Å². The number of ketones is 1. The van der Waals surface area contributed by atoms with E-state index in [2.05, 4.69) is 0 Å². The Hall–Kier alpha value is -5.30. The van der Waals surface area contributed by atoms with Crippen molar-refractivity contribution in [1.29, 1.82) is 0 Å². The number of allylic oxidation sites excluding steroid dienone is 2. The fraction of sp³-hybridized carbons (Fsp3) is 0.163. The Kier molecular flexibility index (Phi) is 7.86. The highest BCUT2D eigenvalue weighted by atomic mass is 35.5. The molecule has 5 aromatic carbocycles. The molecule has 0 spiro atoms. The number of ether oxygens (including phenoxy) is 1. The van der Waals surface area contributed by atoms with Gasteiger partial charge in [-0.3, -0.25) is 14.4 Å². The average Bonchev–Trinajstić information content (AvgIpc) is 3.64. The fourth-order valence-corrected chi connectivity index (χ4v) is 8.92. The number of fused-ring (bicyclic) bond motifs is 5. The van der Waals surface area contributed by atoms with Gasteiger partial charge in [-0.05, 0) is 89.7 Å². The van der Waals surface area contributed by atoms with Gasteiger partial charge in [0.1, 0.15) is 0 Å². The quantitative estimate of drug-likeness (QED) is 0.125. The highest BCUT2D eigenvalue weighted by Crippen LogP contribution is 2.74. The Morgan fingerprint density at radius 1 is 0.627 bits per heavy atom. The molecule has 5 aromatic rings. The van der Waals surface area contributed by atoms with Gasteiger partial charge in [-0.1, -0.05) is 114 Å². The van der Waals surface area contributed by atoms with Crippen LogP contribution in [0.15, 0.2) is 133 Å². The van der Waals surface area contributed by atoms with Crippen molar-refractivity contribution in [3.05, 3.63) is 171 Å². The van der Waals surface area contributed by atoms with Gasteiger partial charge in [0.2, 0.25) is 11.8 Å². The first-order valence-corrected chi connectivity index (χ1v) is 17.5. The van der Waals surface area contributed by atoms with Gasteiger partial charge >= 0.3 is 5.97 Å². The van der Waals surface area contributed by atoms with Gasteiger partial charge in [-0.2, -0.15) is 0 Å². The summed E-state index contributed by atoms with van der Waals surface area (Å²) in [6, 6.07) is 39.5. The Morgan fingerprint density at radius 3 is 1.51 bits per heavy atom. The topological polar surface area (TPSA) is 80.8 Å². The first kappa shape index (κ1) is 32.9. The fourth-order valence-electron chi connectivity index (χ4n) is 8.67. The average molecular weight is 713 g/mol. The van der Waals surface area contributed by atoms with E-state index in [-0.39, 0.29) is 23.1 Å². The Bertz CT molecular complexity index is 2140. The number of nitrogens with zero attached hydrogens (tertiary/aromatic N) is 1. The van der Waals surface area contributed by atoms with Gasteiger partial charge < -0.3 is 4.74 Å². The van der Waals surface area contributed by atoms with Gasteiger partial charge in [0.25, 0.3) is 0 Å². The maximum atomic E-state index is 16.1. The molecule has 51 heavy (non-hydrogen) atoms. The molecule has 0 aromatic heterocycles. The lowest BCUT2D eigenvalue weighted by Crippen LogP contribution is -2.45. The van der Waals surface area contributed by atoms with Crippen LogP contribution < -0.4 is 4.90 Å². The Labute approximate surface area is 305 Å². The third-order valence-corrected chi connectivity index (χ3v) is 10.9. The largest absolute Gasteiger partial charge is 0.459 e. The van der Waals surface area contributed by atoms with Crippen LogP contribution in [-0.4, -0.2) is 29.7 Å². The zero-order chi connectivity index (χ0) is 35.7. The molecule has 3 aliphatic rings. The number of esters is 1. The van der Waals surface area contributed by atoms with E-state index >= 15 is 14.4 Å². The smallest absolute Gasteiger partial charge is 0.338 e. The number of imide groups is 1. The second kappa shape index (κ2) is 12.2. The Morgan fingerprint density at radius 2 is 1.08 bits per heavy atom. The molecule has 252 valence electrons. The lowest BCUT2D eigenvalue weighted by Gasteiger charge is -2.39. The van der Waals surface area contributed by atoms with Crippen LogP contribution in [0.1, 0.15) is 46.5 Å². The van der Waals surface area contributed by atoms with Crippen molar-refractivity contribution in [2.75, 3.05) is 4.90 Å². The van der Waals surface area contributed by atoms with Crippen molar-refractivity contribution < 1.29 is 23.9 Å². The minimum atomic E-state index is -1.60. The van der Waals surface area contributed by atoms with Crippen LogP contribution in [0.4, 0.5) is 5.69 Å². The van der Waals surface area contributed by atoms with E-state index in [1.807, 2.05) is 60.7 Å². The number of amides is 2. The van der Waals surface area contributed by atoms with Crippen molar-refractivity contribution >= 4 is 63.6 Å². The number of carbonyl (C=O) groups is 4. The van der Waals surface area contributed by atoms with Crippen molar-refractivity contribution in [2.45, 2.75) is 30.8 Å². The molecule has 8 heteroatoms. The maximum Gasteiger partial charge on any atom is 0.338 e. The van der Waals surface area contributed by atoms with E-state index in [4.69, 9.17) is 27.9 Å². The van der Waals surface area contributed by atoms with Gasteiger partial charge in [-0.15, -0.1) is 0 Å². The zero-order valence-electron chi connectivity index (χ0n) is 27.7. The number of hydrogen-bond acceptors (Lipinski definition) is 5. The summed E-state index contributed by atoms with van der Waals surface area (Å²) >= 11 is 12.9. The summed E-state index contributed by atoms with van der Waals surface area (Å²) in [4.78, 5) is 60.7. The van der Waals surface area contributed by atoms with E-state index in [1.54, 1.807) is 80.6 Å². The van der Waals surface area contributed by atoms with E-state index in [9.17, 15) is 4.79 Å².